The summed E-state index contributed by atoms with van der Waals surface area (Å²) < 4.78 is 0.888. The van der Waals surface area contributed by atoms with Crippen LogP contribution in [-0.4, -0.2) is 11.5 Å². The Hall–Kier alpha value is -0.850. The number of halogens is 1. The molecule has 5 heteroatoms. The van der Waals surface area contributed by atoms with E-state index in [1.165, 1.54) is 19.3 Å². The molecule has 0 heterocycles. The molecule has 1 fully saturated rings. The minimum atomic E-state index is -0.326. The molecule has 1 aliphatic rings. The molecule has 17 heavy (non-hydrogen) atoms. The molecule has 0 spiro atoms. The highest BCUT2D eigenvalue weighted by atomic mass is 127. The number of anilines is 1. The van der Waals surface area contributed by atoms with Gasteiger partial charge >= 0.3 is 0 Å². The van der Waals surface area contributed by atoms with E-state index in [0.717, 1.165) is 22.5 Å². The van der Waals surface area contributed by atoms with Crippen molar-refractivity contribution in [3.05, 3.63) is 31.9 Å². The first kappa shape index (κ1) is 12.6. The summed E-state index contributed by atoms with van der Waals surface area (Å²) in [6.45, 7) is 0.825. The van der Waals surface area contributed by atoms with Crippen molar-refractivity contribution >= 4 is 34.0 Å². The normalized spacial score (nSPS) is 15.4. The highest BCUT2D eigenvalue weighted by Crippen LogP contribution is 2.30. The van der Waals surface area contributed by atoms with E-state index in [1.807, 2.05) is 6.07 Å². The summed E-state index contributed by atoms with van der Waals surface area (Å²) in [4.78, 5) is 10.6. The Morgan fingerprint density at radius 3 is 2.82 bits per heavy atom. The van der Waals surface area contributed by atoms with E-state index in [1.54, 1.807) is 12.1 Å². The minimum Gasteiger partial charge on any atom is -0.379 e. The second kappa shape index (κ2) is 5.66. The van der Waals surface area contributed by atoms with Crippen LogP contribution in [0.4, 0.5) is 11.4 Å². The molecule has 2 rings (SSSR count). The van der Waals surface area contributed by atoms with Crippen LogP contribution in [0.2, 0.25) is 0 Å². The molecule has 1 aromatic rings. The fraction of sp³-hybridized carbons (Fsp3) is 0.500. The van der Waals surface area contributed by atoms with Gasteiger partial charge in [0.05, 0.1) is 4.92 Å². The van der Waals surface area contributed by atoms with Crippen molar-refractivity contribution < 1.29 is 4.92 Å². The fourth-order valence-corrected chi connectivity index (χ4v) is 2.47. The zero-order valence-corrected chi connectivity index (χ0v) is 11.6. The molecule has 0 aromatic heterocycles. The van der Waals surface area contributed by atoms with Crippen LogP contribution in [0.1, 0.15) is 25.7 Å². The molecule has 0 bridgehead atoms. The Morgan fingerprint density at radius 2 is 2.24 bits per heavy atom. The maximum absolute atomic E-state index is 10.9. The Morgan fingerprint density at radius 1 is 1.47 bits per heavy atom. The maximum atomic E-state index is 10.9. The molecule has 1 saturated carbocycles. The lowest BCUT2D eigenvalue weighted by Crippen LogP contribution is -2.16. The van der Waals surface area contributed by atoms with Crippen molar-refractivity contribution in [1.29, 1.82) is 0 Å². The molecule has 92 valence electrons. The number of nitro groups is 1. The van der Waals surface area contributed by atoms with E-state index < -0.39 is 0 Å². The van der Waals surface area contributed by atoms with Gasteiger partial charge in [0.1, 0.15) is 5.69 Å². The number of hydrogen-bond acceptors (Lipinski definition) is 3. The minimum absolute atomic E-state index is 0.172. The summed E-state index contributed by atoms with van der Waals surface area (Å²) in [6, 6.07) is 5.28. The average Bonchev–Trinajstić information content (AvgIpc) is 2.23. The summed E-state index contributed by atoms with van der Waals surface area (Å²) in [7, 11) is 0. The second-order valence-electron chi connectivity index (χ2n) is 4.43. The SMILES string of the molecule is O=[N+]([O-])c1cc(I)ccc1NCCC1CCC1. The summed E-state index contributed by atoms with van der Waals surface area (Å²) in [5.41, 5.74) is 0.806. The molecule has 0 radical (unpaired) electrons. The fourth-order valence-electron chi connectivity index (χ4n) is 2.00. The first-order chi connectivity index (χ1) is 8.16. The topological polar surface area (TPSA) is 55.2 Å². The third-order valence-electron chi connectivity index (χ3n) is 3.25. The lowest BCUT2D eigenvalue weighted by atomic mass is 9.83. The van der Waals surface area contributed by atoms with Crippen molar-refractivity contribution in [1.82, 2.24) is 0 Å². The first-order valence-electron chi connectivity index (χ1n) is 5.84. The van der Waals surface area contributed by atoms with Crippen molar-refractivity contribution in [2.24, 2.45) is 5.92 Å². The molecular formula is C12H15IN2O2. The predicted octanol–water partition coefficient (Wildman–Crippen LogP) is 3.80. The van der Waals surface area contributed by atoms with E-state index in [2.05, 4.69) is 27.9 Å². The highest BCUT2D eigenvalue weighted by Gasteiger charge is 2.18. The second-order valence-corrected chi connectivity index (χ2v) is 5.68. The largest absolute Gasteiger partial charge is 0.379 e. The van der Waals surface area contributed by atoms with Gasteiger partial charge < -0.3 is 5.32 Å². The number of nitrogens with zero attached hydrogens (tertiary/aromatic N) is 1. The third kappa shape index (κ3) is 3.31. The number of nitro benzene ring substituents is 1. The van der Waals surface area contributed by atoms with Gasteiger partial charge in [-0.05, 0) is 47.1 Å². The highest BCUT2D eigenvalue weighted by molar-refractivity contribution is 14.1. The lowest BCUT2D eigenvalue weighted by Gasteiger charge is -2.25. The standard InChI is InChI=1S/C12H15IN2O2/c13-10-4-5-11(12(8-10)15(16)17)14-7-6-9-2-1-3-9/h4-5,8-9,14H,1-3,6-7H2. The molecule has 1 N–H and O–H groups in total. The van der Waals surface area contributed by atoms with E-state index in [4.69, 9.17) is 0 Å². The van der Waals surface area contributed by atoms with Crippen molar-refractivity contribution in [3.63, 3.8) is 0 Å². The van der Waals surface area contributed by atoms with Gasteiger partial charge in [-0.15, -0.1) is 0 Å². The summed E-state index contributed by atoms with van der Waals surface area (Å²) in [6.07, 6.45) is 5.09. The van der Waals surface area contributed by atoms with Crippen molar-refractivity contribution in [2.75, 3.05) is 11.9 Å². The summed E-state index contributed by atoms with van der Waals surface area (Å²) in [5, 5.41) is 14.1. The summed E-state index contributed by atoms with van der Waals surface area (Å²) in [5.74, 6) is 0.824. The number of benzene rings is 1. The van der Waals surface area contributed by atoms with Crippen molar-refractivity contribution in [2.45, 2.75) is 25.7 Å². The van der Waals surface area contributed by atoms with Gasteiger partial charge in [-0.25, -0.2) is 0 Å². The predicted molar refractivity (Wildman–Crippen MR) is 76.3 cm³/mol. The number of rotatable bonds is 5. The molecule has 0 saturated heterocycles. The number of hydrogen-bond donors (Lipinski definition) is 1. The van der Waals surface area contributed by atoms with Crippen LogP contribution in [0.3, 0.4) is 0 Å². The maximum Gasteiger partial charge on any atom is 0.293 e. The first-order valence-corrected chi connectivity index (χ1v) is 6.92. The smallest absolute Gasteiger partial charge is 0.293 e. The zero-order chi connectivity index (χ0) is 12.3. The van der Waals surface area contributed by atoms with Crippen LogP contribution in [0.5, 0.6) is 0 Å². The lowest BCUT2D eigenvalue weighted by molar-refractivity contribution is -0.384. The molecule has 4 nitrogen and oxygen atoms in total. The van der Waals surface area contributed by atoms with Gasteiger partial charge in [0, 0.05) is 16.2 Å². The van der Waals surface area contributed by atoms with Gasteiger partial charge in [0.15, 0.2) is 0 Å². The Bertz CT molecular complexity index is 419. The molecule has 0 amide bonds. The zero-order valence-electron chi connectivity index (χ0n) is 9.49. The van der Waals surface area contributed by atoms with Gasteiger partial charge in [-0.3, -0.25) is 10.1 Å². The van der Waals surface area contributed by atoms with Gasteiger partial charge in [-0.2, -0.15) is 0 Å². The average molecular weight is 346 g/mol. The van der Waals surface area contributed by atoms with Crippen LogP contribution < -0.4 is 5.32 Å². The quantitative estimate of drug-likeness (QED) is 0.501. The van der Waals surface area contributed by atoms with Crippen molar-refractivity contribution in [3.8, 4) is 0 Å². The van der Waals surface area contributed by atoms with E-state index >= 15 is 0 Å². The van der Waals surface area contributed by atoms with Crippen LogP contribution in [0.15, 0.2) is 18.2 Å². The summed E-state index contributed by atoms with van der Waals surface area (Å²) >= 11 is 2.09. The number of nitrogens with one attached hydrogen (secondary N) is 1. The van der Waals surface area contributed by atoms with E-state index in [-0.39, 0.29) is 10.6 Å². The molecule has 0 aliphatic heterocycles. The van der Waals surface area contributed by atoms with Crippen LogP contribution in [0, 0.1) is 19.6 Å². The molecular weight excluding hydrogens is 331 g/mol. The van der Waals surface area contributed by atoms with Crippen LogP contribution >= 0.6 is 22.6 Å². The molecule has 0 atom stereocenters. The van der Waals surface area contributed by atoms with E-state index in [0.29, 0.717) is 5.69 Å². The van der Waals surface area contributed by atoms with Crippen LogP contribution in [0.25, 0.3) is 0 Å². The Labute approximate surface area is 114 Å². The monoisotopic (exact) mass is 346 g/mol. The molecule has 0 unspecified atom stereocenters. The van der Waals surface area contributed by atoms with E-state index in [9.17, 15) is 10.1 Å². The van der Waals surface area contributed by atoms with Gasteiger partial charge in [0.2, 0.25) is 0 Å². The van der Waals surface area contributed by atoms with Gasteiger partial charge in [-0.1, -0.05) is 19.3 Å². The Kier molecular flexibility index (Phi) is 4.20. The van der Waals surface area contributed by atoms with Crippen LogP contribution in [-0.2, 0) is 0 Å². The third-order valence-corrected chi connectivity index (χ3v) is 3.92. The van der Waals surface area contributed by atoms with Gasteiger partial charge in [0.25, 0.3) is 5.69 Å². The molecule has 1 aromatic carbocycles. The molecule has 1 aliphatic carbocycles. The Balaban J connectivity index is 1.96.